The zero-order valence-electron chi connectivity index (χ0n) is 8.82. The Morgan fingerprint density at radius 1 is 1.64 bits per heavy atom. The van der Waals surface area contributed by atoms with Gasteiger partial charge in [0.15, 0.2) is 0 Å². The van der Waals surface area contributed by atoms with Gasteiger partial charge in [0, 0.05) is 6.04 Å². The van der Waals surface area contributed by atoms with Crippen molar-refractivity contribution in [2.24, 2.45) is 0 Å². The third-order valence-electron chi connectivity index (χ3n) is 2.47. The summed E-state index contributed by atoms with van der Waals surface area (Å²) in [5, 5.41) is 13.0. The molecule has 78 valence electrons. The summed E-state index contributed by atoms with van der Waals surface area (Å²) in [6.07, 6.45) is 3.09. The van der Waals surface area contributed by atoms with Gasteiger partial charge in [-0.1, -0.05) is 13.8 Å². The van der Waals surface area contributed by atoms with Gasteiger partial charge in [0.05, 0.1) is 11.9 Å². The van der Waals surface area contributed by atoms with E-state index in [2.05, 4.69) is 12.0 Å². The van der Waals surface area contributed by atoms with E-state index >= 15 is 0 Å². The highest BCUT2D eigenvalue weighted by molar-refractivity contribution is 5.88. The van der Waals surface area contributed by atoms with E-state index in [1.165, 1.54) is 6.20 Å². The number of carboxylic acid groups (broad SMARTS) is 1. The van der Waals surface area contributed by atoms with Crippen molar-refractivity contribution in [2.75, 3.05) is 0 Å². The Morgan fingerprint density at radius 2 is 2.29 bits per heavy atom. The second-order valence-electron chi connectivity index (χ2n) is 3.37. The number of rotatable bonds is 4. The molecule has 1 aromatic heterocycles. The van der Waals surface area contributed by atoms with Crippen LogP contribution in [0.25, 0.3) is 0 Å². The molecule has 1 rings (SSSR count). The maximum atomic E-state index is 10.9. The van der Waals surface area contributed by atoms with Crippen LogP contribution in [0.3, 0.4) is 0 Å². The summed E-state index contributed by atoms with van der Waals surface area (Å²) >= 11 is 0. The summed E-state index contributed by atoms with van der Waals surface area (Å²) in [4.78, 5) is 10.9. The van der Waals surface area contributed by atoms with Crippen LogP contribution in [0.1, 0.15) is 49.3 Å². The molecule has 1 unspecified atom stereocenters. The largest absolute Gasteiger partial charge is 0.478 e. The second kappa shape index (κ2) is 4.26. The lowest BCUT2D eigenvalue weighted by Gasteiger charge is -2.12. The lowest BCUT2D eigenvalue weighted by Crippen LogP contribution is -2.11. The Hall–Kier alpha value is -1.32. The SMILES string of the molecule is CCc1c(C(=O)O)cnn1C(C)CC. The van der Waals surface area contributed by atoms with Gasteiger partial charge >= 0.3 is 5.97 Å². The molecule has 0 aliphatic rings. The molecule has 0 fully saturated rings. The van der Waals surface area contributed by atoms with Crippen LogP contribution in [-0.4, -0.2) is 20.9 Å². The first-order chi connectivity index (χ1) is 6.61. The maximum Gasteiger partial charge on any atom is 0.339 e. The molecule has 1 aromatic rings. The standard InChI is InChI=1S/C10H16N2O2/c1-4-7(3)12-9(5-2)8(6-11-12)10(13)14/h6-7H,4-5H2,1-3H3,(H,13,14). The summed E-state index contributed by atoms with van der Waals surface area (Å²) in [6.45, 7) is 6.05. The van der Waals surface area contributed by atoms with E-state index in [1.807, 2.05) is 18.5 Å². The average molecular weight is 196 g/mol. The van der Waals surface area contributed by atoms with Crippen LogP contribution in [0, 0.1) is 0 Å². The fraction of sp³-hybridized carbons (Fsp3) is 0.600. The highest BCUT2D eigenvalue weighted by Crippen LogP contribution is 2.17. The number of aromatic nitrogens is 2. The van der Waals surface area contributed by atoms with Crippen LogP contribution >= 0.6 is 0 Å². The minimum atomic E-state index is -0.892. The van der Waals surface area contributed by atoms with Crippen LogP contribution < -0.4 is 0 Å². The van der Waals surface area contributed by atoms with Gasteiger partial charge in [-0.15, -0.1) is 0 Å². The molecule has 0 spiro atoms. The number of hydrogen-bond acceptors (Lipinski definition) is 2. The summed E-state index contributed by atoms with van der Waals surface area (Å²) < 4.78 is 1.81. The lowest BCUT2D eigenvalue weighted by atomic mass is 10.2. The van der Waals surface area contributed by atoms with Crippen molar-refractivity contribution in [1.29, 1.82) is 0 Å². The van der Waals surface area contributed by atoms with Crippen molar-refractivity contribution in [3.05, 3.63) is 17.5 Å². The van der Waals surface area contributed by atoms with Gasteiger partial charge in [-0.05, 0) is 19.8 Å². The number of nitrogens with zero attached hydrogens (tertiary/aromatic N) is 2. The first-order valence-corrected chi connectivity index (χ1v) is 4.91. The molecule has 0 bridgehead atoms. The Labute approximate surface area is 83.5 Å². The maximum absolute atomic E-state index is 10.9. The van der Waals surface area contributed by atoms with Gasteiger partial charge in [-0.2, -0.15) is 5.10 Å². The molecule has 4 heteroatoms. The Bertz CT molecular complexity index is 331. The number of carbonyl (C=O) groups is 1. The molecule has 4 nitrogen and oxygen atoms in total. The summed E-state index contributed by atoms with van der Waals surface area (Å²) in [7, 11) is 0. The monoisotopic (exact) mass is 196 g/mol. The van der Waals surface area contributed by atoms with Crippen molar-refractivity contribution < 1.29 is 9.90 Å². The quantitative estimate of drug-likeness (QED) is 0.802. The Morgan fingerprint density at radius 3 is 2.71 bits per heavy atom. The van der Waals surface area contributed by atoms with Gasteiger partial charge in [0.1, 0.15) is 5.56 Å². The molecular formula is C10H16N2O2. The predicted octanol–water partition coefficient (Wildman–Crippen LogP) is 2.11. The van der Waals surface area contributed by atoms with Crippen molar-refractivity contribution in [3.63, 3.8) is 0 Å². The second-order valence-corrected chi connectivity index (χ2v) is 3.37. The van der Waals surface area contributed by atoms with E-state index in [0.717, 1.165) is 12.1 Å². The zero-order valence-corrected chi connectivity index (χ0v) is 8.82. The van der Waals surface area contributed by atoms with Gasteiger partial charge in [0.2, 0.25) is 0 Å². The third kappa shape index (κ3) is 1.78. The Balaban J connectivity index is 3.13. The molecule has 1 heterocycles. The van der Waals surface area contributed by atoms with Crippen molar-refractivity contribution in [1.82, 2.24) is 9.78 Å². The molecular weight excluding hydrogens is 180 g/mol. The molecule has 0 aromatic carbocycles. The van der Waals surface area contributed by atoms with Crippen LogP contribution in [0.5, 0.6) is 0 Å². The van der Waals surface area contributed by atoms with Crippen LogP contribution in [0.15, 0.2) is 6.20 Å². The molecule has 0 saturated carbocycles. The Kier molecular flexibility index (Phi) is 3.28. The first kappa shape index (κ1) is 10.8. The number of carboxylic acids is 1. The van der Waals surface area contributed by atoms with Crippen molar-refractivity contribution in [3.8, 4) is 0 Å². The molecule has 0 aliphatic heterocycles. The molecule has 0 radical (unpaired) electrons. The fourth-order valence-corrected chi connectivity index (χ4v) is 1.47. The fourth-order valence-electron chi connectivity index (χ4n) is 1.47. The van der Waals surface area contributed by atoms with Crippen molar-refractivity contribution in [2.45, 2.75) is 39.7 Å². The third-order valence-corrected chi connectivity index (χ3v) is 2.47. The molecule has 1 N–H and O–H groups in total. The molecule has 14 heavy (non-hydrogen) atoms. The lowest BCUT2D eigenvalue weighted by molar-refractivity contribution is 0.0695. The first-order valence-electron chi connectivity index (χ1n) is 4.91. The average Bonchev–Trinajstić information content (AvgIpc) is 2.59. The van der Waals surface area contributed by atoms with E-state index in [1.54, 1.807) is 0 Å². The van der Waals surface area contributed by atoms with E-state index in [9.17, 15) is 4.79 Å². The molecule has 0 saturated heterocycles. The van der Waals surface area contributed by atoms with E-state index in [-0.39, 0.29) is 6.04 Å². The van der Waals surface area contributed by atoms with Crippen molar-refractivity contribution >= 4 is 5.97 Å². The van der Waals surface area contributed by atoms with Crippen LogP contribution in [-0.2, 0) is 6.42 Å². The molecule has 0 aliphatic carbocycles. The summed E-state index contributed by atoms with van der Waals surface area (Å²) in [5.41, 5.74) is 1.14. The molecule has 1 atom stereocenters. The minimum Gasteiger partial charge on any atom is -0.478 e. The highest BCUT2D eigenvalue weighted by atomic mass is 16.4. The van der Waals surface area contributed by atoms with Crippen LogP contribution in [0.4, 0.5) is 0 Å². The van der Waals surface area contributed by atoms with Gasteiger partial charge in [-0.3, -0.25) is 4.68 Å². The highest BCUT2D eigenvalue weighted by Gasteiger charge is 2.17. The van der Waals surface area contributed by atoms with Gasteiger partial charge < -0.3 is 5.11 Å². The zero-order chi connectivity index (χ0) is 10.7. The van der Waals surface area contributed by atoms with Gasteiger partial charge in [-0.25, -0.2) is 4.79 Å². The van der Waals surface area contributed by atoms with Gasteiger partial charge in [0.25, 0.3) is 0 Å². The topological polar surface area (TPSA) is 55.1 Å². The normalized spacial score (nSPS) is 12.8. The van der Waals surface area contributed by atoms with E-state index in [0.29, 0.717) is 12.0 Å². The van der Waals surface area contributed by atoms with E-state index in [4.69, 9.17) is 5.11 Å². The number of hydrogen-bond donors (Lipinski definition) is 1. The predicted molar refractivity (Wildman–Crippen MR) is 53.6 cm³/mol. The van der Waals surface area contributed by atoms with E-state index < -0.39 is 5.97 Å². The minimum absolute atomic E-state index is 0.262. The smallest absolute Gasteiger partial charge is 0.339 e. The summed E-state index contributed by atoms with van der Waals surface area (Å²) in [5.74, 6) is -0.892. The number of aromatic carboxylic acids is 1. The van der Waals surface area contributed by atoms with Crippen LogP contribution in [0.2, 0.25) is 0 Å². The summed E-state index contributed by atoms with van der Waals surface area (Å²) in [6, 6.07) is 0.262. The molecule has 0 amide bonds.